The Morgan fingerprint density at radius 1 is 1.42 bits per heavy atom. The molecule has 6 nitrogen and oxygen atoms in total. The van der Waals surface area contributed by atoms with E-state index in [9.17, 15) is 5.11 Å². The fourth-order valence-electron chi connectivity index (χ4n) is 2.09. The van der Waals surface area contributed by atoms with Gasteiger partial charge in [-0.05, 0) is 27.4 Å². The van der Waals surface area contributed by atoms with Crippen LogP contribution in [0.2, 0.25) is 0 Å². The average molecular weight is 267 g/mol. The summed E-state index contributed by atoms with van der Waals surface area (Å²) < 4.78 is 0. The number of aliphatic hydroxyl groups is 1. The predicted octanol–water partition coefficient (Wildman–Crippen LogP) is 0.736. The zero-order valence-electron chi connectivity index (χ0n) is 12.3. The van der Waals surface area contributed by atoms with Crippen molar-refractivity contribution in [1.29, 1.82) is 0 Å². The highest BCUT2D eigenvalue weighted by Gasteiger charge is 2.22. The van der Waals surface area contributed by atoms with Crippen molar-refractivity contribution in [3.63, 3.8) is 0 Å². The molecular weight excluding hydrogens is 242 g/mol. The van der Waals surface area contributed by atoms with Gasteiger partial charge >= 0.3 is 0 Å². The number of nitrogen functional groups attached to an aromatic ring is 1. The van der Waals surface area contributed by atoms with Crippen molar-refractivity contribution in [2.45, 2.75) is 32.3 Å². The van der Waals surface area contributed by atoms with Crippen LogP contribution in [0, 0.1) is 0 Å². The number of hydrogen-bond donors (Lipinski definition) is 3. The lowest BCUT2D eigenvalue weighted by atomic mass is 10.1. The lowest BCUT2D eigenvalue weighted by Crippen LogP contribution is -2.43. The lowest BCUT2D eigenvalue weighted by Gasteiger charge is -2.27. The van der Waals surface area contributed by atoms with Crippen LogP contribution in [0.1, 0.15) is 25.8 Å². The summed E-state index contributed by atoms with van der Waals surface area (Å²) in [6.45, 7) is 4.87. The number of rotatable bonds is 7. The number of nitrogens with one attached hydrogen (secondary N) is 1. The Balaban J connectivity index is 2.74. The molecule has 0 bridgehead atoms. The maximum absolute atomic E-state index is 10.3. The SMILES string of the molecule is CCCc1c(N)ncnc1NCC(C)(O)CN(C)C. The molecule has 108 valence electrons. The van der Waals surface area contributed by atoms with Gasteiger partial charge in [-0.3, -0.25) is 0 Å². The quantitative estimate of drug-likeness (QED) is 0.675. The van der Waals surface area contributed by atoms with E-state index < -0.39 is 5.60 Å². The highest BCUT2D eigenvalue weighted by molar-refractivity contribution is 5.55. The van der Waals surface area contributed by atoms with Gasteiger partial charge in [-0.15, -0.1) is 0 Å². The van der Waals surface area contributed by atoms with E-state index in [0.717, 1.165) is 18.4 Å². The van der Waals surface area contributed by atoms with Crippen LogP contribution in [0.4, 0.5) is 11.6 Å². The molecule has 0 aliphatic carbocycles. The van der Waals surface area contributed by atoms with Gasteiger partial charge in [0, 0.05) is 18.7 Å². The Kier molecular flexibility index (Phi) is 5.50. The standard InChI is InChI=1S/C13H25N5O/c1-5-6-10-11(14)16-9-17-12(10)15-7-13(2,19)8-18(3)4/h9,19H,5-8H2,1-4H3,(H3,14,15,16,17). The van der Waals surface area contributed by atoms with Gasteiger partial charge in [0.1, 0.15) is 18.0 Å². The normalized spacial score (nSPS) is 14.4. The molecule has 1 rings (SSSR count). The number of aromatic nitrogens is 2. The number of nitrogens with two attached hydrogens (primary N) is 1. The highest BCUT2D eigenvalue weighted by Crippen LogP contribution is 2.19. The molecule has 1 heterocycles. The average Bonchev–Trinajstić information content (AvgIpc) is 2.28. The van der Waals surface area contributed by atoms with Crippen LogP contribution in [-0.2, 0) is 6.42 Å². The van der Waals surface area contributed by atoms with Gasteiger partial charge in [0.25, 0.3) is 0 Å². The topological polar surface area (TPSA) is 87.3 Å². The highest BCUT2D eigenvalue weighted by atomic mass is 16.3. The number of likely N-dealkylation sites (N-methyl/N-ethyl adjacent to an activating group) is 1. The lowest BCUT2D eigenvalue weighted by molar-refractivity contribution is 0.0459. The van der Waals surface area contributed by atoms with E-state index in [-0.39, 0.29) is 0 Å². The Bertz CT molecular complexity index is 406. The van der Waals surface area contributed by atoms with E-state index in [1.54, 1.807) is 6.92 Å². The molecule has 0 radical (unpaired) electrons. The molecule has 0 aliphatic heterocycles. The molecule has 6 heteroatoms. The van der Waals surface area contributed by atoms with E-state index in [4.69, 9.17) is 5.73 Å². The molecule has 0 fully saturated rings. The van der Waals surface area contributed by atoms with E-state index in [2.05, 4.69) is 22.2 Å². The van der Waals surface area contributed by atoms with Gasteiger partial charge in [-0.25, -0.2) is 9.97 Å². The third-order valence-electron chi connectivity index (χ3n) is 2.77. The molecule has 4 N–H and O–H groups in total. The largest absolute Gasteiger partial charge is 0.387 e. The summed E-state index contributed by atoms with van der Waals surface area (Å²) in [6, 6.07) is 0. The van der Waals surface area contributed by atoms with Crippen LogP contribution in [0.25, 0.3) is 0 Å². The van der Waals surface area contributed by atoms with Gasteiger partial charge in [0.2, 0.25) is 0 Å². The summed E-state index contributed by atoms with van der Waals surface area (Å²) in [5.74, 6) is 1.22. The minimum absolute atomic E-state index is 0.415. The number of hydrogen-bond acceptors (Lipinski definition) is 6. The van der Waals surface area contributed by atoms with Crippen LogP contribution in [0.3, 0.4) is 0 Å². The molecule has 0 aliphatic rings. The molecule has 1 unspecified atom stereocenters. The maximum atomic E-state index is 10.3. The third-order valence-corrected chi connectivity index (χ3v) is 2.77. The van der Waals surface area contributed by atoms with E-state index in [0.29, 0.717) is 24.7 Å². The van der Waals surface area contributed by atoms with Crippen molar-refractivity contribution in [2.24, 2.45) is 0 Å². The second-order valence-corrected chi connectivity index (χ2v) is 5.42. The molecule has 0 aromatic carbocycles. The molecule has 0 saturated carbocycles. The Morgan fingerprint density at radius 3 is 2.68 bits per heavy atom. The fraction of sp³-hybridized carbons (Fsp3) is 0.692. The van der Waals surface area contributed by atoms with E-state index >= 15 is 0 Å². The Hall–Kier alpha value is -1.40. The van der Waals surface area contributed by atoms with Crippen LogP contribution in [0.5, 0.6) is 0 Å². The van der Waals surface area contributed by atoms with Crippen LogP contribution in [0.15, 0.2) is 6.33 Å². The van der Waals surface area contributed by atoms with Crippen LogP contribution < -0.4 is 11.1 Å². The summed E-state index contributed by atoms with van der Waals surface area (Å²) in [7, 11) is 3.86. The van der Waals surface area contributed by atoms with Crippen LogP contribution >= 0.6 is 0 Å². The van der Waals surface area contributed by atoms with Crippen LogP contribution in [-0.4, -0.2) is 52.8 Å². The molecule has 0 spiro atoms. The molecule has 19 heavy (non-hydrogen) atoms. The predicted molar refractivity (Wildman–Crippen MR) is 78.1 cm³/mol. The molecular formula is C13H25N5O. The smallest absolute Gasteiger partial charge is 0.134 e. The molecule has 0 amide bonds. The zero-order chi connectivity index (χ0) is 14.5. The van der Waals surface area contributed by atoms with Gasteiger partial charge in [-0.2, -0.15) is 0 Å². The van der Waals surface area contributed by atoms with Crippen molar-refractivity contribution >= 4 is 11.6 Å². The summed E-state index contributed by atoms with van der Waals surface area (Å²) in [5.41, 5.74) is 5.96. The molecule has 1 atom stereocenters. The van der Waals surface area contributed by atoms with Gasteiger partial charge in [-0.1, -0.05) is 13.3 Å². The Morgan fingerprint density at radius 2 is 2.11 bits per heavy atom. The first-order valence-electron chi connectivity index (χ1n) is 6.56. The first-order valence-corrected chi connectivity index (χ1v) is 6.56. The van der Waals surface area contributed by atoms with Crippen molar-refractivity contribution in [3.05, 3.63) is 11.9 Å². The van der Waals surface area contributed by atoms with Gasteiger partial charge in [0.15, 0.2) is 0 Å². The Labute approximate surface area is 115 Å². The number of anilines is 2. The first kappa shape index (κ1) is 15.7. The second kappa shape index (κ2) is 6.68. The zero-order valence-corrected chi connectivity index (χ0v) is 12.3. The molecule has 0 saturated heterocycles. The van der Waals surface area contributed by atoms with Crippen molar-refractivity contribution < 1.29 is 5.11 Å². The summed E-state index contributed by atoms with van der Waals surface area (Å²) in [5, 5.41) is 13.4. The first-order chi connectivity index (χ1) is 8.85. The summed E-state index contributed by atoms with van der Waals surface area (Å²) in [6.07, 6.45) is 3.24. The fourth-order valence-corrected chi connectivity index (χ4v) is 2.09. The summed E-state index contributed by atoms with van der Waals surface area (Å²) >= 11 is 0. The third kappa shape index (κ3) is 5.00. The van der Waals surface area contributed by atoms with Gasteiger partial charge < -0.3 is 21.1 Å². The minimum Gasteiger partial charge on any atom is -0.387 e. The monoisotopic (exact) mass is 267 g/mol. The van der Waals surface area contributed by atoms with Gasteiger partial charge in [0.05, 0.1) is 5.60 Å². The molecule has 1 aromatic rings. The van der Waals surface area contributed by atoms with E-state index in [1.807, 2.05) is 19.0 Å². The van der Waals surface area contributed by atoms with Crippen molar-refractivity contribution in [3.8, 4) is 0 Å². The minimum atomic E-state index is -0.827. The van der Waals surface area contributed by atoms with E-state index in [1.165, 1.54) is 6.33 Å². The molecule has 1 aromatic heterocycles. The van der Waals surface area contributed by atoms with Crippen molar-refractivity contribution in [2.75, 3.05) is 38.2 Å². The summed E-state index contributed by atoms with van der Waals surface area (Å²) in [4.78, 5) is 10.2. The van der Waals surface area contributed by atoms with Crippen molar-refractivity contribution in [1.82, 2.24) is 14.9 Å². The second-order valence-electron chi connectivity index (χ2n) is 5.42. The maximum Gasteiger partial charge on any atom is 0.134 e. The number of nitrogens with zero attached hydrogens (tertiary/aromatic N) is 3.